The van der Waals surface area contributed by atoms with Crippen LogP contribution in [0.1, 0.15) is 47.1 Å². The van der Waals surface area contributed by atoms with Crippen molar-refractivity contribution in [2.24, 2.45) is 0 Å². The second-order valence-electron chi connectivity index (χ2n) is 6.57. The number of hydrogen-bond acceptors (Lipinski definition) is 7. The summed E-state index contributed by atoms with van der Waals surface area (Å²) in [5.74, 6) is -1.03. The summed E-state index contributed by atoms with van der Waals surface area (Å²) in [6.45, 7) is 7.83. The number of benzene rings is 1. The van der Waals surface area contributed by atoms with E-state index in [2.05, 4.69) is 5.32 Å². The smallest absolute Gasteiger partial charge is 0.348 e. The normalized spacial score (nSPS) is 11.5. The number of carbonyl (C=O) groups excluding carboxylic acids is 2. The lowest BCUT2D eigenvalue weighted by molar-refractivity contribution is -0.111. The number of sulfonamides is 1. The van der Waals surface area contributed by atoms with E-state index in [0.29, 0.717) is 24.2 Å². The zero-order valence-electron chi connectivity index (χ0n) is 18.3. The summed E-state index contributed by atoms with van der Waals surface area (Å²) in [5, 5.41) is 12.3. The highest BCUT2D eigenvalue weighted by molar-refractivity contribution is 7.89. The van der Waals surface area contributed by atoms with Crippen molar-refractivity contribution in [1.29, 1.82) is 5.26 Å². The average Bonchev–Trinajstić information content (AvgIpc) is 3.08. The van der Waals surface area contributed by atoms with Crippen molar-refractivity contribution < 1.29 is 22.7 Å². The summed E-state index contributed by atoms with van der Waals surface area (Å²) >= 11 is 0.986. The molecule has 0 atom stereocenters. The standard InChI is InChI=1S/C22H25N3O5S2/c1-5-25(6-2)32(28,29)17-11-8-16(9-12-17)10-13-19(26)24-21-18(14-23)15(4)20(31-21)22(27)30-7-3/h8-13H,5-7H2,1-4H3,(H,24,26). The van der Waals surface area contributed by atoms with E-state index in [1.807, 2.05) is 6.07 Å². The number of esters is 1. The van der Waals surface area contributed by atoms with Gasteiger partial charge in [0, 0.05) is 19.2 Å². The van der Waals surface area contributed by atoms with Crippen LogP contribution < -0.4 is 5.32 Å². The number of ether oxygens (including phenoxy) is 1. The summed E-state index contributed by atoms with van der Waals surface area (Å²) in [4.78, 5) is 24.8. The molecule has 0 saturated carbocycles. The van der Waals surface area contributed by atoms with Crippen molar-refractivity contribution >= 4 is 44.3 Å². The number of anilines is 1. The van der Waals surface area contributed by atoms with E-state index < -0.39 is 21.9 Å². The maximum Gasteiger partial charge on any atom is 0.348 e. The minimum atomic E-state index is -3.55. The number of hydrogen-bond donors (Lipinski definition) is 1. The quantitative estimate of drug-likeness (QED) is 0.436. The molecule has 0 unspecified atom stereocenters. The molecule has 1 amide bonds. The van der Waals surface area contributed by atoms with Crippen molar-refractivity contribution in [1.82, 2.24) is 4.31 Å². The predicted molar refractivity (Wildman–Crippen MR) is 124 cm³/mol. The Bertz CT molecular complexity index is 1160. The van der Waals surface area contributed by atoms with E-state index in [0.717, 1.165) is 11.3 Å². The summed E-state index contributed by atoms with van der Waals surface area (Å²) in [5.41, 5.74) is 1.31. The average molecular weight is 476 g/mol. The van der Waals surface area contributed by atoms with Gasteiger partial charge in [-0.05, 0) is 43.2 Å². The Labute approximate surface area is 192 Å². The molecule has 2 aromatic rings. The number of nitrogens with zero attached hydrogens (tertiary/aromatic N) is 2. The van der Waals surface area contributed by atoms with Crippen LogP contribution in [0.15, 0.2) is 35.2 Å². The Hall–Kier alpha value is -3.00. The van der Waals surface area contributed by atoms with Gasteiger partial charge in [0.25, 0.3) is 0 Å². The minimum absolute atomic E-state index is 0.182. The maximum absolute atomic E-state index is 12.5. The van der Waals surface area contributed by atoms with Gasteiger partial charge < -0.3 is 10.1 Å². The van der Waals surface area contributed by atoms with Gasteiger partial charge >= 0.3 is 5.97 Å². The maximum atomic E-state index is 12.5. The van der Waals surface area contributed by atoms with Crippen LogP contribution in [0.3, 0.4) is 0 Å². The first-order valence-electron chi connectivity index (χ1n) is 9.99. The fraction of sp³-hybridized carbons (Fsp3) is 0.318. The van der Waals surface area contributed by atoms with E-state index >= 15 is 0 Å². The number of nitrogens with one attached hydrogen (secondary N) is 1. The largest absolute Gasteiger partial charge is 0.462 e. The van der Waals surface area contributed by atoms with Crippen LogP contribution in [0.4, 0.5) is 5.00 Å². The lowest BCUT2D eigenvalue weighted by Gasteiger charge is -2.18. The molecule has 2 rings (SSSR count). The van der Waals surface area contributed by atoms with Crippen molar-refractivity contribution in [3.05, 3.63) is 51.9 Å². The highest BCUT2D eigenvalue weighted by atomic mass is 32.2. The fourth-order valence-corrected chi connectivity index (χ4v) is 5.43. The summed E-state index contributed by atoms with van der Waals surface area (Å²) < 4.78 is 31.4. The molecule has 170 valence electrons. The van der Waals surface area contributed by atoms with Crippen LogP contribution in [-0.2, 0) is 19.6 Å². The second kappa shape index (κ2) is 11.0. The molecule has 32 heavy (non-hydrogen) atoms. The lowest BCUT2D eigenvalue weighted by atomic mass is 10.1. The van der Waals surface area contributed by atoms with E-state index in [4.69, 9.17) is 4.74 Å². The number of carbonyl (C=O) groups is 2. The molecule has 0 radical (unpaired) electrons. The zero-order valence-corrected chi connectivity index (χ0v) is 20.0. The van der Waals surface area contributed by atoms with Gasteiger partial charge in [-0.25, -0.2) is 13.2 Å². The van der Waals surface area contributed by atoms with E-state index in [1.54, 1.807) is 39.8 Å². The van der Waals surface area contributed by atoms with Crippen LogP contribution in [0, 0.1) is 18.3 Å². The molecule has 1 N–H and O–H groups in total. The highest BCUT2D eigenvalue weighted by Crippen LogP contribution is 2.33. The Morgan fingerprint density at radius 1 is 1.19 bits per heavy atom. The van der Waals surface area contributed by atoms with Crippen LogP contribution >= 0.6 is 11.3 Å². The highest BCUT2D eigenvalue weighted by Gasteiger charge is 2.22. The molecule has 1 aromatic heterocycles. The third-order valence-electron chi connectivity index (χ3n) is 4.61. The number of amides is 1. The third-order valence-corrected chi connectivity index (χ3v) is 7.86. The molecular formula is C22H25N3O5S2. The second-order valence-corrected chi connectivity index (χ2v) is 9.53. The van der Waals surface area contributed by atoms with Crippen molar-refractivity contribution in [2.75, 3.05) is 25.0 Å². The third kappa shape index (κ3) is 5.62. The molecule has 1 aromatic carbocycles. The van der Waals surface area contributed by atoms with Crippen LogP contribution in [0.5, 0.6) is 0 Å². The van der Waals surface area contributed by atoms with Gasteiger partial charge in [0.15, 0.2) is 0 Å². The van der Waals surface area contributed by atoms with Crippen LogP contribution in [0.25, 0.3) is 6.08 Å². The van der Waals surface area contributed by atoms with Crippen molar-refractivity contribution in [3.8, 4) is 6.07 Å². The minimum Gasteiger partial charge on any atom is -0.462 e. The Morgan fingerprint density at radius 2 is 1.81 bits per heavy atom. The molecule has 0 aliphatic heterocycles. The molecule has 8 nitrogen and oxygen atoms in total. The Balaban J connectivity index is 2.16. The van der Waals surface area contributed by atoms with Gasteiger partial charge in [0.2, 0.25) is 15.9 Å². The monoisotopic (exact) mass is 475 g/mol. The van der Waals surface area contributed by atoms with E-state index in [-0.39, 0.29) is 26.9 Å². The van der Waals surface area contributed by atoms with Crippen molar-refractivity contribution in [3.63, 3.8) is 0 Å². The molecule has 0 fully saturated rings. The van der Waals surface area contributed by atoms with E-state index in [1.165, 1.54) is 28.6 Å². The first-order chi connectivity index (χ1) is 15.2. The van der Waals surface area contributed by atoms with Crippen molar-refractivity contribution in [2.45, 2.75) is 32.6 Å². The molecular weight excluding hydrogens is 450 g/mol. The first kappa shape index (κ1) is 25.3. The molecule has 0 saturated heterocycles. The predicted octanol–water partition coefficient (Wildman–Crippen LogP) is 3.79. The Morgan fingerprint density at radius 3 is 2.34 bits per heavy atom. The van der Waals surface area contributed by atoms with Crippen LogP contribution in [0.2, 0.25) is 0 Å². The molecule has 10 heteroatoms. The van der Waals surface area contributed by atoms with Gasteiger partial charge in [-0.2, -0.15) is 9.57 Å². The SMILES string of the molecule is CCOC(=O)c1sc(NC(=O)C=Cc2ccc(S(=O)(=O)N(CC)CC)cc2)c(C#N)c1C. The molecule has 0 bridgehead atoms. The van der Waals surface area contributed by atoms with Gasteiger partial charge in [-0.3, -0.25) is 4.79 Å². The first-order valence-corrected chi connectivity index (χ1v) is 12.2. The summed E-state index contributed by atoms with van der Waals surface area (Å²) in [6.07, 6.45) is 2.80. The van der Waals surface area contributed by atoms with E-state index in [9.17, 15) is 23.3 Å². The van der Waals surface area contributed by atoms with Crippen LogP contribution in [-0.4, -0.2) is 44.3 Å². The number of thiophene rings is 1. The summed E-state index contributed by atoms with van der Waals surface area (Å²) in [7, 11) is -3.55. The topological polar surface area (TPSA) is 117 Å². The van der Waals surface area contributed by atoms with Gasteiger partial charge in [0.1, 0.15) is 15.9 Å². The zero-order chi connectivity index (χ0) is 23.9. The fourth-order valence-electron chi connectivity index (χ4n) is 2.92. The lowest BCUT2D eigenvalue weighted by Crippen LogP contribution is -2.30. The Kier molecular flexibility index (Phi) is 8.72. The van der Waals surface area contributed by atoms with Gasteiger partial charge in [0.05, 0.1) is 17.1 Å². The summed E-state index contributed by atoms with van der Waals surface area (Å²) in [6, 6.07) is 8.20. The molecule has 0 spiro atoms. The molecule has 0 aliphatic rings. The number of rotatable bonds is 9. The molecule has 0 aliphatic carbocycles. The molecule has 1 heterocycles. The van der Waals surface area contributed by atoms with Gasteiger partial charge in [-0.1, -0.05) is 26.0 Å². The number of nitriles is 1. The van der Waals surface area contributed by atoms with Gasteiger partial charge in [-0.15, -0.1) is 11.3 Å².